The Labute approximate surface area is 267 Å². The Morgan fingerprint density at radius 2 is 1.11 bits per heavy atom. The number of hydrogen-bond donors (Lipinski definition) is 4. The first-order valence-corrected chi connectivity index (χ1v) is 16.2. The van der Waals surface area contributed by atoms with Crippen molar-refractivity contribution in [2.24, 2.45) is 0 Å². The molecule has 0 aliphatic rings. The van der Waals surface area contributed by atoms with Gasteiger partial charge in [-0.25, -0.2) is 14.5 Å². The molecule has 0 rings (SSSR count). The van der Waals surface area contributed by atoms with Gasteiger partial charge in [-0.2, -0.15) is 0 Å². The van der Waals surface area contributed by atoms with Gasteiger partial charge in [-0.1, -0.05) is 40.5 Å². The van der Waals surface area contributed by atoms with Crippen molar-refractivity contribution in [3.63, 3.8) is 0 Å². The fourth-order valence-corrected chi connectivity index (χ4v) is 4.09. The van der Waals surface area contributed by atoms with E-state index in [1.165, 1.54) is 4.90 Å². The predicted octanol–water partition coefficient (Wildman–Crippen LogP) is 0.799. The average molecular weight is 651 g/mol. The maximum atomic E-state index is 11.7. The fourth-order valence-electron chi connectivity index (χ4n) is 4.09. The van der Waals surface area contributed by atoms with E-state index in [0.717, 1.165) is 25.7 Å². The lowest BCUT2D eigenvalue weighted by atomic mass is 10.2. The number of unbranched alkanes of at least 4 members (excludes halogenated alkanes) is 2. The summed E-state index contributed by atoms with van der Waals surface area (Å²) in [5.74, 6) is -5.55. The minimum atomic E-state index is -2.41. The zero-order valence-corrected chi connectivity index (χ0v) is 27.7. The molecular formula is C31H58N2O12. The number of hydrogen-bond acceptors (Lipinski definition) is 14. The third-order valence-electron chi connectivity index (χ3n) is 6.83. The first-order valence-electron chi connectivity index (χ1n) is 16.2. The van der Waals surface area contributed by atoms with Crippen molar-refractivity contribution in [2.75, 3.05) is 72.4 Å². The monoisotopic (exact) mass is 650 g/mol. The minimum Gasteiger partial charge on any atom is -0.460 e. The second-order valence-electron chi connectivity index (χ2n) is 11.0. The van der Waals surface area contributed by atoms with Crippen LogP contribution in [0.25, 0.3) is 0 Å². The SMILES string of the molecule is CCCCOCC(O)CN(CCCOC(=O)C(=O)CC)CCC(O)(O)N(CCCOC(=O)C(=O)CC)CC(O)COCCCC. The molecule has 0 aromatic rings. The first-order chi connectivity index (χ1) is 21.4. The zero-order valence-electron chi connectivity index (χ0n) is 27.7. The summed E-state index contributed by atoms with van der Waals surface area (Å²) in [6.45, 7) is 8.44. The Morgan fingerprint density at radius 1 is 0.644 bits per heavy atom. The van der Waals surface area contributed by atoms with Gasteiger partial charge in [-0.05, 0) is 25.7 Å². The summed E-state index contributed by atoms with van der Waals surface area (Å²) in [5.41, 5.74) is 0. The molecule has 0 amide bonds. The van der Waals surface area contributed by atoms with Crippen LogP contribution in [0.1, 0.15) is 85.5 Å². The van der Waals surface area contributed by atoms with Gasteiger partial charge in [0.25, 0.3) is 0 Å². The number of carbonyl (C=O) groups is 4. The number of ketones is 2. The van der Waals surface area contributed by atoms with E-state index in [1.807, 2.05) is 13.8 Å². The van der Waals surface area contributed by atoms with Gasteiger partial charge in [0.05, 0.1) is 38.6 Å². The molecule has 0 saturated heterocycles. The van der Waals surface area contributed by atoms with Gasteiger partial charge in [-0.15, -0.1) is 0 Å². The molecule has 4 N–H and O–H groups in total. The van der Waals surface area contributed by atoms with Crippen LogP contribution < -0.4 is 0 Å². The van der Waals surface area contributed by atoms with E-state index in [4.69, 9.17) is 18.9 Å². The second kappa shape index (κ2) is 26.1. The molecule has 14 heteroatoms. The lowest BCUT2D eigenvalue weighted by Gasteiger charge is -2.38. The normalized spacial score (nSPS) is 13.2. The predicted molar refractivity (Wildman–Crippen MR) is 165 cm³/mol. The van der Waals surface area contributed by atoms with Gasteiger partial charge >= 0.3 is 11.9 Å². The number of aliphatic hydroxyl groups excluding tert-OH is 2. The van der Waals surface area contributed by atoms with Gasteiger partial charge in [0.1, 0.15) is 0 Å². The Morgan fingerprint density at radius 3 is 1.58 bits per heavy atom. The van der Waals surface area contributed by atoms with Crippen molar-refractivity contribution in [2.45, 2.75) is 104 Å². The number of Topliss-reactive ketones (excluding diaryl/α,β-unsaturated/α-hetero) is 2. The van der Waals surface area contributed by atoms with Gasteiger partial charge in [-0.3, -0.25) is 9.59 Å². The number of esters is 2. The molecule has 0 fully saturated rings. The van der Waals surface area contributed by atoms with Crippen LogP contribution >= 0.6 is 0 Å². The smallest absolute Gasteiger partial charge is 0.374 e. The topological polar surface area (TPSA) is 193 Å². The number of aliphatic hydroxyl groups is 4. The van der Waals surface area contributed by atoms with Crippen molar-refractivity contribution < 1.29 is 58.6 Å². The number of carbonyl (C=O) groups excluding carboxylic acids is 4. The summed E-state index contributed by atoms with van der Waals surface area (Å²) in [7, 11) is 0. The van der Waals surface area contributed by atoms with Gasteiger partial charge in [0, 0.05) is 65.2 Å². The van der Waals surface area contributed by atoms with Gasteiger partial charge < -0.3 is 44.3 Å². The van der Waals surface area contributed by atoms with E-state index in [0.29, 0.717) is 26.2 Å². The van der Waals surface area contributed by atoms with Crippen molar-refractivity contribution in [1.82, 2.24) is 9.80 Å². The fraction of sp³-hybridized carbons (Fsp3) is 0.871. The van der Waals surface area contributed by atoms with Crippen molar-refractivity contribution in [1.29, 1.82) is 0 Å². The Kier molecular flexibility index (Phi) is 24.9. The van der Waals surface area contributed by atoms with Crippen molar-refractivity contribution in [3.05, 3.63) is 0 Å². The van der Waals surface area contributed by atoms with Crippen molar-refractivity contribution in [3.8, 4) is 0 Å². The van der Waals surface area contributed by atoms with E-state index in [2.05, 4.69) is 0 Å². The molecule has 45 heavy (non-hydrogen) atoms. The molecule has 0 saturated carbocycles. The Bertz CT molecular complexity index is 826. The lowest BCUT2D eigenvalue weighted by Crippen LogP contribution is -2.54. The second-order valence-corrected chi connectivity index (χ2v) is 11.0. The van der Waals surface area contributed by atoms with E-state index in [-0.39, 0.29) is 78.3 Å². The number of ether oxygens (including phenoxy) is 4. The third-order valence-corrected chi connectivity index (χ3v) is 6.83. The zero-order chi connectivity index (χ0) is 34.1. The maximum absolute atomic E-state index is 11.7. The summed E-state index contributed by atoms with van der Waals surface area (Å²) in [6, 6.07) is 0. The molecule has 0 spiro atoms. The van der Waals surface area contributed by atoms with E-state index in [1.54, 1.807) is 18.7 Å². The molecule has 0 aliphatic carbocycles. The highest BCUT2D eigenvalue weighted by atomic mass is 16.5. The molecular weight excluding hydrogens is 592 g/mol. The lowest BCUT2D eigenvalue weighted by molar-refractivity contribution is -0.275. The molecule has 0 aromatic heterocycles. The first kappa shape index (κ1) is 43.0. The quantitative estimate of drug-likeness (QED) is 0.0369. The molecule has 0 bridgehead atoms. The Balaban J connectivity index is 5.41. The summed E-state index contributed by atoms with van der Waals surface area (Å²) in [4.78, 5) is 49.4. The Hall–Kier alpha value is -2.04. The molecule has 2 unspecified atom stereocenters. The largest absolute Gasteiger partial charge is 0.460 e. The molecule has 2 atom stereocenters. The van der Waals surface area contributed by atoms with E-state index >= 15 is 0 Å². The maximum Gasteiger partial charge on any atom is 0.374 e. The van der Waals surface area contributed by atoms with Crippen molar-refractivity contribution >= 4 is 23.5 Å². The van der Waals surface area contributed by atoms with Crippen LogP contribution in [0.3, 0.4) is 0 Å². The highest BCUT2D eigenvalue weighted by Gasteiger charge is 2.34. The summed E-state index contributed by atoms with van der Waals surface area (Å²) < 4.78 is 21.0. The molecule has 0 aliphatic heterocycles. The van der Waals surface area contributed by atoms with Crippen LogP contribution in [0.15, 0.2) is 0 Å². The summed E-state index contributed by atoms with van der Waals surface area (Å²) >= 11 is 0. The van der Waals surface area contributed by atoms with Crippen LogP contribution in [0.5, 0.6) is 0 Å². The van der Waals surface area contributed by atoms with Crippen LogP contribution in [-0.4, -0.2) is 144 Å². The van der Waals surface area contributed by atoms with E-state index < -0.39 is 41.6 Å². The molecule has 14 nitrogen and oxygen atoms in total. The van der Waals surface area contributed by atoms with Gasteiger partial charge in [0.15, 0.2) is 0 Å². The standard InChI is InChI=1S/C31H58N2O12/c1-5-9-17-42-23-25(34)21-32(14-11-19-44-29(38)27(36)7-3)16-13-31(40,41)33(22-26(35)24-43-18-10-6-2)15-12-20-45-30(39)28(37)8-4/h25-26,34-35,40-41H,5-24H2,1-4H3. The summed E-state index contributed by atoms with van der Waals surface area (Å²) in [6.07, 6.45) is 1.97. The highest BCUT2D eigenvalue weighted by Crippen LogP contribution is 2.17. The minimum absolute atomic E-state index is 0.0117. The van der Waals surface area contributed by atoms with Crippen LogP contribution in [-0.2, 0) is 38.1 Å². The average Bonchev–Trinajstić information content (AvgIpc) is 3.02. The molecule has 0 radical (unpaired) electrons. The van der Waals surface area contributed by atoms with Crippen LogP contribution in [0.2, 0.25) is 0 Å². The third kappa shape index (κ3) is 21.4. The molecule has 264 valence electrons. The van der Waals surface area contributed by atoms with E-state index in [9.17, 15) is 39.6 Å². The molecule has 0 heterocycles. The van der Waals surface area contributed by atoms with Gasteiger partial charge in [0.2, 0.25) is 17.5 Å². The highest BCUT2D eigenvalue weighted by molar-refractivity contribution is 6.33. The van der Waals surface area contributed by atoms with Crippen LogP contribution in [0.4, 0.5) is 0 Å². The molecule has 0 aromatic carbocycles. The summed E-state index contributed by atoms with van der Waals surface area (Å²) in [5, 5.41) is 43.4. The number of rotatable bonds is 30. The van der Waals surface area contributed by atoms with Crippen LogP contribution in [0, 0.1) is 0 Å². The number of nitrogens with zero attached hydrogens (tertiary/aromatic N) is 2.